The van der Waals surface area contributed by atoms with E-state index in [1.165, 1.54) is 7.11 Å². The van der Waals surface area contributed by atoms with E-state index in [4.69, 9.17) is 0 Å². The van der Waals surface area contributed by atoms with Crippen molar-refractivity contribution >= 4 is 5.97 Å². The monoisotopic (exact) mass is 272 g/mol. The molecule has 4 heteroatoms. The molecule has 0 saturated heterocycles. The number of ether oxygens (including phenoxy) is 1. The van der Waals surface area contributed by atoms with Crippen molar-refractivity contribution in [2.45, 2.75) is 11.7 Å². The van der Waals surface area contributed by atoms with Gasteiger partial charge in [0.25, 0.3) is 0 Å². The van der Waals surface area contributed by atoms with Crippen molar-refractivity contribution in [3.05, 3.63) is 71.8 Å². The van der Waals surface area contributed by atoms with Crippen LogP contribution in [0.5, 0.6) is 0 Å². The molecule has 0 bridgehead atoms. The minimum Gasteiger partial charge on any atom is -0.467 e. The number of esters is 1. The topological polar surface area (TPSA) is 66.8 Å². The van der Waals surface area contributed by atoms with Gasteiger partial charge < -0.3 is 14.9 Å². The van der Waals surface area contributed by atoms with E-state index in [9.17, 15) is 15.0 Å². The summed E-state index contributed by atoms with van der Waals surface area (Å²) in [5.74, 6) is -0.903. The summed E-state index contributed by atoms with van der Waals surface area (Å²) >= 11 is 0. The van der Waals surface area contributed by atoms with Crippen molar-refractivity contribution in [3.8, 4) is 0 Å². The lowest BCUT2D eigenvalue weighted by Crippen LogP contribution is -2.42. The van der Waals surface area contributed by atoms with E-state index in [-0.39, 0.29) is 5.56 Å². The molecule has 0 fully saturated rings. The molecular formula is C16H16O4. The van der Waals surface area contributed by atoms with Crippen molar-refractivity contribution in [3.63, 3.8) is 0 Å². The highest BCUT2D eigenvalue weighted by molar-refractivity contribution is 5.82. The fourth-order valence-electron chi connectivity index (χ4n) is 2.11. The first kappa shape index (κ1) is 14.2. The van der Waals surface area contributed by atoms with Crippen LogP contribution < -0.4 is 0 Å². The van der Waals surface area contributed by atoms with E-state index in [1.54, 1.807) is 60.7 Å². The smallest absolute Gasteiger partial charge is 0.345 e. The lowest BCUT2D eigenvalue weighted by atomic mass is 9.84. The zero-order valence-electron chi connectivity index (χ0n) is 11.1. The lowest BCUT2D eigenvalue weighted by molar-refractivity contribution is -0.178. The molecule has 0 aliphatic heterocycles. The zero-order chi connectivity index (χ0) is 14.6. The van der Waals surface area contributed by atoms with Crippen LogP contribution in [0.2, 0.25) is 0 Å². The number of methoxy groups -OCH3 is 1. The van der Waals surface area contributed by atoms with E-state index >= 15 is 0 Å². The van der Waals surface area contributed by atoms with E-state index in [1.807, 2.05) is 0 Å². The molecule has 2 N–H and O–H groups in total. The van der Waals surface area contributed by atoms with Crippen LogP contribution >= 0.6 is 0 Å². The minimum absolute atomic E-state index is 0.281. The Morgan fingerprint density at radius 1 is 1.05 bits per heavy atom. The molecule has 0 aromatic heterocycles. The van der Waals surface area contributed by atoms with Crippen molar-refractivity contribution in [1.29, 1.82) is 0 Å². The molecule has 0 amide bonds. The molecule has 0 aliphatic rings. The summed E-state index contributed by atoms with van der Waals surface area (Å²) in [5.41, 5.74) is -1.43. The maximum atomic E-state index is 12.0. The predicted molar refractivity (Wildman–Crippen MR) is 73.8 cm³/mol. The molecular weight excluding hydrogens is 256 g/mol. The van der Waals surface area contributed by atoms with Gasteiger partial charge in [-0.05, 0) is 11.1 Å². The summed E-state index contributed by atoms with van der Waals surface area (Å²) in [7, 11) is 1.17. The van der Waals surface area contributed by atoms with Crippen LogP contribution in [0.3, 0.4) is 0 Å². The molecule has 0 spiro atoms. The number of rotatable bonds is 4. The molecule has 2 rings (SSSR count). The van der Waals surface area contributed by atoms with Crippen LogP contribution in [0.4, 0.5) is 0 Å². The van der Waals surface area contributed by atoms with Crippen LogP contribution in [-0.2, 0) is 15.1 Å². The fraction of sp³-hybridized carbons (Fsp3) is 0.188. The van der Waals surface area contributed by atoms with Gasteiger partial charge in [-0.1, -0.05) is 60.7 Å². The Labute approximate surface area is 117 Å². The highest BCUT2D eigenvalue weighted by Crippen LogP contribution is 2.36. The first-order valence-electron chi connectivity index (χ1n) is 6.20. The van der Waals surface area contributed by atoms with Gasteiger partial charge in [-0.15, -0.1) is 0 Å². The van der Waals surface area contributed by atoms with Gasteiger partial charge in [-0.2, -0.15) is 0 Å². The second-order valence-electron chi connectivity index (χ2n) is 4.44. The summed E-state index contributed by atoms with van der Waals surface area (Å²) in [4.78, 5) is 12.0. The SMILES string of the molecule is COC(=O)C(O)(c1ccccc1)C(O)c1ccccc1. The lowest BCUT2D eigenvalue weighted by Gasteiger charge is -2.30. The van der Waals surface area contributed by atoms with Crippen LogP contribution in [-0.4, -0.2) is 23.3 Å². The molecule has 0 saturated carbocycles. The summed E-state index contributed by atoms with van der Waals surface area (Å²) in [6.45, 7) is 0. The number of benzene rings is 2. The standard InChI is InChI=1S/C16H16O4/c1-20-15(18)16(19,13-10-6-3-7-11-13)14(17)12-8-4-2-5-9-12/h2-11,14,17,19H,1H3. The van der Waals surface area contributed by atoms with E-state index < -0.39 is 17.7 Å². The summed E-state index contributed by atoms with van der Waals surface area (Å²) in [6, 6.07) is 16.8. The third-order valence-corrected chi connectivity index (χ3v) is 3.22. The molecule has 0 heterocycles. The van der Waals surface area contributed by atoms with Gasteiger partial charge in [-0.25, -0.2) is 4.79 Å². The Hall–Kier alpha value is -2.17. The number of carbonyl (C=O) groups excluding carboxylic acids is 1. The first-order chi connectivity index (χ1) is 9.60. The third kappa shape index (κ3) is 2.43. The molecule has 4 nitrogen and oxygen atoms in total. The second kappa shape index (κ2) is 5.86. The van der Waals surface area contributed by atoms with Crippen molar-refractivity contribution in [2.75, 3.05) is 7.11 Å². The van der Waals surface area contributed by atoms with Gasteiger partial charge >= 0.3 is 5.97 Å². The average molecular weight is 272 g/mol. The number of aliphatic hydroxyl groups excluding tert-OH is 1. The van der Waals surface area contributed by atoms with Gasteiger partial charge in [-0.3, -0.25) is 0 Å². The largest absolute Gasteiger partial charge is 0.467 e. The van der Waals surface area contributed by atoms with Crippen LogP contribution in [0.15, 0.2) is 60.7 Å². The van der Waals surface area contributed by atoms with Crippen LogP contribution in [0, 0.1) is 0 Å². The highest BCUT2D eigenvalue weighted by atomic mass is 16.5. The quantitative estimate of drug-likeness (QED) is 0.833. The Kier molecular flexibility index (Phi) is 4.17. The van der Waals surface area contributed by atoms with Gasteiger partial charge in [0.15, 0.2) is 0 Å². The summed E-state index contributed by atoms with van der Waals surface area (Å²) < 4.78 is 4.66. The Balaban J connectivity index is 2.51. The molecule has 0 radical (unpaired) electrons. The van der Waals surface area contributed by atoms with Crippen molar-refractivity contribution in [2.24, 2.45) is 0 Å². The number of carbonyl (C=O) groups is 1. The first-order valence-corrected chi connectivity index (χ1v) is 6.20. The van der Waals surface area contributed by atoms with Crippen molar-refractivity contribution < 1.29 is 19.7 Å². The molecule has 104 valence electrons. The van der Waals surface area contributed by atoms with E-state index in [0.29, 0.717) is 5.56 Å². The molecule has 2 atom stereocenters. The van der Waals surface area contributed by atoms with Crippen LogP contribution in [0.25, 0.3) is 0 Å². The fourth-order valence-corrected chi connectivity index (χ4v) is 2.11. The zero-order valence-corrected chi connectivity index (χ0v) is 11.1. The maximum Gasteiger partial charge on any atom is 0.345 e. The van der Waals surface area contributed by atoms with Gasteiger partial charge in [0.2, 0.25) is 5.60 Å². The van der Waals surface area contributed by atoms with Gasteiger partial charge in [0, 0.05) is 0 Å². The number of hydrogen-bond donors (Lipinski definition) is 2. The number of hydrogen-bond acceptors (Lipinski definition) is 4. The molecule has 2 unspecified atom stereocenters. The van der Waals surface area contributed by atoms with Gasteiger partial charge in [0.05, 0.1) is 7.11 Å². The average Bonchev–Trinajstić information content (AvgIpc) is 2.54. The summed E-state index contributed by atoms with van der Waals surface area (Å²) in [5, 5.41) is 21.2. The summed E-state index contributed by atoms with van der Waals surface area (Å²) in [6.07, 6.45) is -1.42. The predicted octanol–water partition coefficient (Wildman–Crippen LogP) is 1.78. The van der Waals surface area contributed by atoms with Crippen molar-refractivity contribution in [1.82, 2.24) is 0 Å². The Bertz CT molecular complexity index is 568. The highest BCUT2D eigenvalue weighted by Gasteiger charge is 2.47. The molecule has 20 heavy (non-hydrogen) atoms. The van der Waals surface area contributed by atoms with E-state index in [0.717, 1.165) is 0 Å². The third-order valence-electron chi connectivity index (χ3n) is 3.22. The second-order valence-corrected chi connectivity index (χ2v) is 4.44. The van der Waals surface area contributed by atoms with Crippen LogP contribution in [0.1, 0.15) is 17.2 Å². The Morgan fingerprint density at radius 3 is 2.05 bits per heavy atom. The van der Waals surface area contributed by atoms with Gasteiger partial charge in [0.1, 0.15) is 6.10 Å². The molecule has 2 aromatic rings. The molecule has 2 aromatic carbocycles. The number of aliphatic hydroxyl groups is 2. The Morgan fingerprint density at radius 2 is 1.55 bits per heavy atom. The normalized spacial score (nSPS) is 15.2. The minimum atomic E-state index is -2.14. The van der Waals surface area contributed by atoms with E-state index in [2.05, 4.69) is 4.74 Å². The molecule has 0 aliphatic carbocycles. The maximum absolute atomic E-state index is 12.0.